The Kier molecular flexibility index (Phi) is 5.06. The summed E-state index contributed by atoms with van der Waals surface area (Å²) in [4.78, 5) is 27.0. The number of pyridine rings is 1. The average molecular weight is 290 g/mol. The molecule has 5 nitrogen and oxygen atoms in total. The smallest absolute Gasteiger partial charge is 0.417 e. The molecule has 1 heterocycles. The fourth-order valence-corrected chi connectivity index (χ4v) is 1.58. The van der Waals surface area contributed by atoms with Gasteiger partial charge < -0.3 is 10.0 Å². The SMILES string of the molecule is CCCN(CC(=O)O)C(=O)c1cncc(C(F)(F)F)c1. The number of nitrogens with zero attached hydrogens (tertiary/aromatic N) is 2. The first-order valence-corrected chi connectivity index (χ1v) is 5.79. The van der Waals surface area contributed by atoms with Crippen LogP contribution >= 0.6 is 0 Å². The Bertz CT molecular complexity index is 503. The molecule has 1 rings (SSSR count). The fourth-order valence-electron chi connectivity index (χ4n) is 1.58. The van der Waals surface area contributed by atoms with E-state index in [4.69, 9.17) is 5.11 Å². The van der Waals surface area contributed by atoms with Crippen LogP contribution in [-0.4, -0.2) is 40.0 Å². The van der Waals surface area contributed by atoms with Crippen molar-refractivity contribution in [1.82, 2.24) is 9.88 Å². The lowest BCUT2D eigenvalue weighted by atomic mass is 10.1. The van der Waals surface area contributed by atoms with Crippen LogP contribution in [0.25, 0.3) is 0 Å². The monoisotopic (exact) mass is 290 g/mol. The number of aliphatic carboxylic acids is 1. The van der Waals surface area contributed by atoms with Gasteiger partial charge in [-0.3, -0.25) is 14.6 Å². The van der Waals surface area contributed by atoms with Gasteiger partial charge in [0.1, 0.15) is 6.54 Å². The number of hydrogen-bond acceptors (Lipinski definition) is 3. The zero-order chi connectivity index (χ0) is 15.3. The molecule has 0 fully saturated rings. The van der Waals surface area contributed by atoms with Gasteiger partial charge in [0.15, 0.2) is 0 Å². The molecule has 1 N–H and O–H groups in total. The topological polar surface area (TPSA) is 70.5 Å². The minimum atomic E-state index is -4.61. The van der Waals surface area contributed by atoms with E-state index in [0.29, 0.717) is 18.7 Å². The van der Waals surface area contributed by atoms with Gasteiger partial charge in [-0.15, -0.1) is 0 Å². The highest BCUT2D eigenvalue weighted by Gasteiger charge is 2.32. The molecule has 0 spiro atoms. The van der Waals surface area contributed by atoms with Crippen molar-refractivity contribution in [3.8, 4) is 0 Å². The molecule has 1 amide bonds. The van der Waals surface area contributed by atoms with E-state index >= 15 is 0 Å². The molecule has 0 aromatic carbocycles. The van der Waals surface area contributed by atoms with Crippen molar-refractivity contribution in [2.24, 2.45) is 0 Å². The van der Waals surface area contributed by atoms with Gasteiger partial charge in [0.25, 0.3) is 5.91 Å². The van der Waals surface area contributed by atoms with Crippen LogP contribution in [-0.2, 0) is 11.0 Å². The highest BCUT2D eigenvalue weighted by Crippen LogP contribution is 2.29. The van der Waals surface area contributed by atoms with Crippen LogP contribution in [0, 0.1) is 0 Å². The van der Waals surface area contributed by atoms with Gasteiger partial charge in [0.05, 0.1) is 11.1 Å². The summed E-state index contributed by atoms with van der Waals surface area (Å²) in [5.41, 5.74) is -1.33. The Labute approximate surface area is 113 Å². The van der Waals surface area contributed by atoms with E-state index in [9.17, 15) is 22.8 Å². The summed E-state index contributed by atoms with van der Waals surface area (Å²) in [6, 6.07) is 0.667. The summed E-state index contributed by atoms with van der Waals surface area (Å²) in [6.45, 7) is 1.30. The number of carbonyl (C=O) groups is 2. The molecule has 0 saturated carbocycles. The molecule has 0 bridgehead atoms. The van der Waals surface area contributed by atoms with Gasteiger partial charge in [-0.2, -0.15) is 13.2 Å². The molecular weight excluding hydrogens is 277 g/mol. The van der Waals surface area contributed by atoms with Gasteiger partial charge >= 0.3 is 12.1 Å². The maximum atomic E-state index is 12.5. The Morgan fingerprint density at radius 3 is 2.50 bits per heavy atom. The molecule has 8 heteroatoms. The van der Waals surface area contributed by atoms with E-state index in [2.05, 4.69) is 4.98 Å². The largest absolute Gasteiger partial charge is 0.480 e. The summed E-state index contributed by atoms with van der Waals surface area (Å²) < 4.78 is 37.6. The lowest BCUT2D eigenvalue weighted by molar-refractivity contribution is -0.138. The van der Waals surface area contributed by atoms with Gasteiger partial charge in [0.2, 0.25) is 0 Å². The second-order valence-electron chi connectivity index (χ2n) is 4.08. The number of carbonyl (C=O) groups excluding carboxylic acids is 1. The third-order valence-corrected chi connectivity index (χ3v) is 2.42. The number of carboxylic acid groups (broad SMARTS) is 1. The van der Waals surface area contributed by atoms with Gasteiger partial charge in [-0.1, -0.05) is 6.92 Å². The summed E-state index contributed by atoms with van der Waals surface area (Å²) >= 11 is 0. The Hall–Kier alpha value is -2.12. The number of halogens is 3. The van der Waals surface area contributed by atoms with Crippen LogP contribution in [0.3, 0.4) is 0 Å². The predicted molar refractivity (Wildman–Crippen MR) is 63.1 cm³/mol. The Morgan fingerprint density at radius 2 is 2.00 bits per heavy atom. The number of alkyl halides is 3. The number of aromatic nitrogens is 1. The highest BCUT2D eigenvalue weighted by atomic mass is 19.4. The van der Waals surface area contributed by atoms with E-state index in [1.165, 1.54) is 0 Å². The second kappa shape index (κ2) is 6.36. The molecule has 0 radical (unpaired) electrons. The molecule has 20 heavy (non-hydrogen) atoms. The van der Waals surface area contributed by atoms with Crippen molar-refractivity contribution in [2.75, 3.05) is 13.1 Å². The van der Waals surface area contributed by atoms with Crippen molar-refractivity contribution in [3.05, 3.63) is 29.6 Å². The molecule has 1 aromatic rings. The van der Waals surface area contributed by atoms with Crippen molar-refractivity contribution in [1.29, 1.82) is 0 Å². The van der Waals surface area contributed by atoms with Crippen LogP contribution in [0.2, 0.25) is 0 Å². The predicted octanol–water partition coefficient (Wildman–Crippen LogP) is 2.04. The van der Waals surface area contributed by atoms with Crippen molar-refractivity contribution in [3.63, 3.8) is 0 Å². The lowest BCUT2D eigenvalue weighted by Crippen LogP contribution is -2.36. The summed E-state index contributed by atoms with van der Waals surface area (Å²) in [5.74, 6) is -2.01. The summed E-state index contributed by atoms with van der Waals surface area (Å²) in [6.07, 6.45) is -2.52. The number of rotatable bonds is 5. The maximum Gasteiger partial charge on any atom is 0.417 e. The molecule has 0 aliphatic heterocycles. The average Bonchev–Trinajstić information content (AvgIpc) is 2.36. The molecular formula is C12H13F3N2O3. The first kappa shape index (κ1) is 15.9. The third-order valence-electron chi connectivity index (χ3n) is 2.42. The molecule has 1 aromatic heterocycles. The zero-order valence-electron chi connectivity index (χ0n) is 10.6. The summed E-state index contributed by atoms with van der Waals surface area (Å²) in [5, 5.41) is 8.70. The van der Waals surface area contributed by atoms with Crippen molar-refractivity contribution in [2.45, 2.75) is 19.5 Å². The first-order chi connectivity index (χ1) is 9.25. The zero-order valence-corrected chi connectivity index (χ0v) is 10.6. The van der Waals surface area contributed by atoms with E-state index in [-0.39, 0.29) is 12.1 Å². The van der Waals surface area contributed by atoms with E-state index in [1.807, 2.05) is 0 Å². The van der Waals surface area contributed by atoms with Crippen LogP contribution < -0.4 is 0 Å². The van der Waals surface area contributed by atoms with E-state index in [0.717, 1.165) is 11.1 Å². The third kappa shape index (κ3) is 4.22. The quantitative estimate of drug-likeness (QED) is 0.900. The standard InChI is InChI=1S/C12H13F3N2O3/c1-2-3-17(7-10(18)19)11(20)8-4-9(6-16-5-8)12(13,14)15/h4-6H,2-3,7H2,1H3,(H,18,19). The van der Waals surface area contributed by atoms with Gasteiger partial charge in [-0.05, 0) is 12.5 Å². The van der Waals surface area contributed by atoms with Crippen LogP contribution in [0.1, 0.15) is 29.3 Å². The highest BCUT2D eigenvalue weighted by molar-refractivity contribution is 5.95. The molecule has 0 aliphatic rings. The number of amides is 1. The number of hydrogen-bond donors (Lipinski definition) is 1. The Morgan fingerprint density at radius 1 is 1.35 bits per heavy atom. The minimum Gasteiger partial charge on any atom is -0.480 e. The fraction of sp³-hybridized carbons (Fsp3) is 0.417. The van der Waals surface area contributed by atoms with E-state index in [1.54, 1.807) is 6.92 Å². The van der Waals surface area contributed by atoms with Crippen molar-refractivity contribution >= 4 is 11.9 Å². The summed E-state index contributed by atoms with van der Waals surface area (Å²) in [7, 11) is 0. The van der Waals surface area contributed by atoms with Crippen LogP contribution in [0.5, 0.6) is 0 Å². The molecule has 110 valence electrons. The molecule has 0 atom stereocenters. The molecule has 0 unspecified atom stereocenters. The van der Waals surface area contributed by atoms with E-state index < -0.39 is 30.2 Å². The maximum absolute atomic E-state index is 12.5. The number of carboxylic acids is 1. The first-order valence-electron chi connectivity index (χ1n) is 5.79. The minimum absolute atomic E-state index is 0.140. The normalized spacial score (nSPS) is 11.2. The van der Waals surface area contributed by atoms with Crippen LogP contribution in [0.15, 0.2) is 18.5 Å². The van der Waals surface area contributed by atoms with Crippen molar-refractivity contribution < 1.29 is 27.9 Å². The second-order valence-corrected chi connectivity index (χ2v) is 4.08. The molecule has 0 saturated heterocycles. The Balaban J connectivity index is 3.02. The lowest BCUT2D eigenvalue weighted by Gasteiger charge is -2.20. The van der Waals surface area contributed by atoms with Crippen LogP contribution in [0.4, 0.5) is 13.2 Å². The van der Waals surface area contributed by atoms with Gasteiger partial charge in [0, 0.05) is 18.9 Å². The van der Waals surface area contributed by atoms with Gasteiger partial charge in [-0.25, -0.2) is 0 Å². The molecule has 0 aliphatic carbocycles.